The number of nitrogens with zero attached hydrogens (tertiary/aromatic N) is 1. The minimum Gasteiger partial charge on any atom is -0.506 e. The highest BCUT2D eigenvalue weighted by atomic mass is 35.5. The molecule has 9 heteroatoms. The Labute approximate surface area is 209 Å². The number of carbonyl (C=O) groups excluding carboxylic acids is 2. The van der Waals surface area contributed by atoms with Gasteiger partial charge in [-0.25, -0.2) is 5.43 Å². The van der Waals surface area contributed by atoms with E-state index in [0.29, 0.717) is 12.3 Å². The van der Waals surface area contributed by atoms with Gasteiger partial charge in [0.05, 0.1) is 24.8 Å². The summed E-state index contributed by atoms with van der Waals surface area (Å²) in [6, 6.07) is 15.3. The van der Waals surface area contributed by atoms with Crippen LogP contribution in [0.25, 0.3) is 10.8 Å². The molecule has 0 spiro atoms. The topological polar surface area (TPSA) is 117 Å². The first-order chi connectivity index (χ1) is 16.7. The van der Waals surface area contributed by atoms with Crippen molar-refractivity contribution in [3.05, 3.63) is 70.7 Å². The summed E-state index contributed by atoms with van der Waals surface area (Å²) < 4.78 is 5.82. The van der Waals surface area contributed by atoms with Crippen LogP contribution in [0.5, 0.6) is 11.5 Å². The maximum Gasteiger partial charge on any atom is 0.271 e. The van der Waals surface area contributed by atoms with Crippen LogP contribution >= 0.6 is 11.6 Å². The lowest BCUT2D eigenvalue weighted by Gasteiger charge is -2.22. The van der Waals surface area contributed by atoms with Crippen LogP contribution in [-0.4, -0.2) is 49.9 Å². The lowest BCUT2D eigenvalue weighted by atomic mass is 9.93. The molecule has 0 saturated carbocycles. The molecule has 8 nitrogen and oxygen atoms in total. The number of phenols is 1. The molecule has 3 aromatic carbocycles. The smallest absolute Gasteiger partial charge is 0.271 e. The number of nitrogens with two attached hydrogens (primary N) is 1. The zero-order valence-electron chi connectivity index (χ0n) is 20.0. The van der Waals surface area contributed by atoms with Gasteiger partial charge in [-0.1, -0.05) is 49.7 Å². The van der Waals surface area contributed by atoms with Crippen molar-refractivity contribution < 1.29 is 24.7 Å². The van der Waals surface area contributed by atoms with Crippen LogP contribution in [0.4, 0.5) is 0 Å². The number of carbonyl (C=O) groups is 2. The number of benzene rings is 3. The average Bonchev–Trinajstić information content (AvgIpc) is 2.83. The second-order valence-corrected chi connectivity index (χ2v) is 9.31. The monoisotopic (exact) mass is 497 g/mol. The third-order valence-corrected chi connectivity index (χ3v) is 5.68. The van der Waals surface area contributed by atoms with Crippen molar-refractivity contribution in [1.29, 1.82) is 0 Å². The molecule has 5 N–H and O–H groups in total. The van der Waals surface area contributed by atoms with Gasteiger partial charge in [0.15, 0.2) is 6.61 Å². The van der Waals surface area contributed by atoms with Gasteiger partial charge in [0.25, 0.3) is 11.8 Å². The highest BCUT2D eigenvalue weighted by Gasteiger charge is 2.20. The normalized spacial score (nSPS) is 11.5. The Bertz CT molecular complexity index is 1240. The van der Waals surface area contributed by atoms with Crippen molar-refractivity contribution in [2.75, 3.05) is 26.7 Å². The lowest BCUT2D eigenvalue weighted by molar-refractivity contribution is -0.638. The van der Waals surface area contributed by atoms with Crippen LogP contribution in [0.2, 0.25) is 5.02 Å². The van der Waals surface area contributed by atoms with E-state index >= 15 is 0 Å². The first-order valence-corrected chi connectivity index (χ1v) is 11.6. The fraction of sp³-hybridized carbons (Fsp3) is 0.269. The van der Waals surface area contributed by atoms with Crippen molar-refractivity contribution in [1.82, 2.24) is 10.7 Å². The van der Waals surface area contributed by atoms with Gasteiger partial charge >= 0.3 is 0 Å². The summed E-state index contributed by atoms with van der Waals surface area (Å²) in [5.74, 6) is -0.159. The fourth-order valence-electron chi connectivity index (χ4n) is 3.56. The molecule has 0 aliphatic rings. The van der Waals surface area contributed by atoms with Crippen LogP contribution in [0.3, 0.4) is 0 Å². The van der Waals surface area contributed by atoms with E-state index in [1.54, 1.807) is 6.07 Å². The Morgan fingerprint density at radius 1 is 1.14 bits per heavy atom. The van der Waals surface area contributed by atoms with E-state index in [2.05, 4.69) is 35.0 Å². The van der Waals surface area contributed by atoms with Gasteiger partial charge in [-0.3, -0.25) is 9.59 Å². The number of halogens is 1. The van der Waals surface area contributed by atoms with Gasteiger partial charge in [-0.15, -0.1) is 0 Å². The predicted octanol–water partition coefficient (Wildman–Crippen LogP) is 2.68. The SMILES string of the molecule is C[NH2+]CC(C)(C)CNC(=O)COc1ccc(/C=N/NC(=O)c2ccc(O)c(Cl)c2)c2ccccc12. The molecule has 0 aromatic heterocycles. The maximum atomic E-state index is 12.3. The van der Waals surface area contributed by atoms with E-state index in [-0.39, 0.29) is 34.3 Å². The van der Waals surface area contributed by atoms with Crippen LogP contribution < -0.4 is 20.8 Å². The molecular weight excluding hydrogens is 468 g/mol. The molecule has 3 aromatic rings. The van der Waals surface area contributed by atoms with E-state index in [4.69, 9.17) is 16.3 Å². The van der Waals surface area contributed by atoms with Crippen LogP contribution in [0.1, 0.15) is 29.8 Å². The maximum absolute atomic E-state index is 12.3. The van der Waals surface area contributed by atoms with Crippen molar-refractivity contribution in [2.45, 2.75) is 13.8 Å². The molecule has 0 bridgehead atoms. The number of hydrogen-bond donors (Lipinski definition) is 4. The lowest BCUT2D eigenvalue weighted by Crippen LogP contribution is -2.83. The first-order valence-electron chi connectivity index (χ1n) is 11.2. The Morgan fingerprint density at radius 2 is 1.89 bits per heavy atom. The third-order valence-electron chi connectivity index (χ3n) is 5.38. The van der Waals surface area contributed by atoms with E-state index in [1.165, 1.54) is 24.4 Å². The molecule has 0 heterocycles. The second-order valence-electron chi connectivity index (χ2n) is 8.91. The molecular formula is C26H30ClN4O4+. The van der Waals surface area contributed by atoms with Crippen molar-refractivity contribution in [3.8, 4) is 11.5 Å². The minimum absolute atomic E-state index is 0.0119. The number of quaternary nitrogens is 1. The van der Waals surface area contributed by atoms with Gasteiger partial charge < -0.3 is 20.5 Å². The molecule has 0 radical (unpaired) electrons. The van der Waals surface area contributed by atoms with Crippen LogP contribution in [0, 0.1) is 5.41 Å². The number of fused-ring (bicyclic) bond motifs is 1. The standard InChI is InChI=1S/C26H29ClN4O4/c1-26(2,15-28-3)16-29-24(33)14-35-23-11-9-18(19-6-4-5-7-20(19)23)13-30-31-25(34)17-8-10-22(32)21(27)12-17/h4-13,28,32H,14-16H2,1-3H3,(H,29,33)(H,31,34)/p+1/b30-13+. The number of phenolic OH excluding ortho intramolecular Hbond substituents is 1. The van der Waals surface area contributed by atoms with Crippen LogP contribution in [-0.2, 0) is 4.79 Å². The molecule has 0 aliphatic carbocycles. The zero-order chi connectivity index (χ0) is 25.4. The molecule has 184 valence electrons. The van der Waals surface area contributed by atoms with Gasteiger partial charge in [-0.2, -0.15) is 5.10 Å². The highest BCUT2D eigenvalue weighted by molar-refractivity contribution is 6.32. The number of hydrazone groups is 1. The van der Waals surface area contributed by atoms with Crippen molar-refractivity contribution >= 4 is 40.4 Å². The Morgan fingerprint density at radius 3 is 2.60 bits per heavy atom. The summed E-state index contributed by atoms with van der Waals surface area (Å²) in [4.78, 5) is 24.6. The van der Waals surface area contributed by atoms with Gasteiger partial charge in [-0.05, 0) is 35.7 Å². The zero-order valence-corrected chi connectivity index (χ0v) is 20.7. The number of hydrogen-bond acceptors (Lipinski definition) is 5. The summed E-state index contributed by atoms with van der Waals surface area (Å²) in [5, 5.41) is 20.3. The van der Waals surface area contributed by atoms with E-state index < -0.39 is 5.91 Å². The molecule has 0 atom stereocenters. The number of nitrogens with one attached hydrogen (secondary N) is 2. The first kappa shape index (κ1) is 26.0. The molecule has 2 amide bonds. The molecule has 35 heavy (non-hydrogen) atoms. The van der Waals surface area contributed by atoms with E-state index in [9.17, 15) is 14.7 Å². The molecule has 0 saturated heterocycles. The fourth-order valence-corrected chi connectivity index (χ4v) is 3.74. The number of amides is 2. The summed E-state index contributed by atoms with van der Waals surface area (Å²) in [5.41, 5.74) is 3.47. The van der Waals surface area contributed by atoms with Crippen molar-refractivity contribution in [2.24, 2.45) is 10.5 Å². The van der Waals surface area contributed by atoms with E-state index in [1.807, 2.05) is 37.4 Å². The quantitative estimate of drug-likeness (QED) is 0.254. The summed E-state index contributed by atoms with van der Waals surface area (Å²) >= 11 is 5.86. The largest absolute Gasteiger partial charge is 0.506 e. The highest BCUT2D eigenvalue weighted by Crippen LogP contribution is 2.28. The summed E-state index contributed by atoms with van der Waals surface area (Å²) in [7, 11) is 2.01. The van der Waals surface area contributed by atoms with Gasteiger partial charge in [0, 0.05) is 28.5 Å². The summed E-state index contributed by atoms with van der Waals surface area (Å²) in [6.45, 7) is 5.59. The Kier molecular flexibility index (Phi) is 8.68. The van der Waals surface area contributed by atoms with Gasteiger partial charge in [0.1, 0.15) is 11.5 Å². The van der Waals surface area contributed by atoms with E-state index in [0.717, 1.165) is 22.9 Å². The minimum atomic E-state index is -0.460. The second kappa shape index (κ2) is 11.7. The van der Waals surface area contributed by atoms with Gasteiger partial charge in [0.2, 0.25) is 0 Å². The molecule has 3 rings (SSSR count). The van der Waals surface area contributed by atoms with Crippen molar-refractivity contribution in [3.63, 3.8) is 0 Å². The Hall–Kier alpha value is -3.62. The predicted molar refractivity (Wildman–Crippen MR) is 137 cm³/mol. The number of rotatable bonds is 10. The van der Waals surface area contributed by atoms with Crippen LogP contribution in [0.15, 0.2) is 59.7 Å². The average molecular weight is 498 g/mol. The third kappa shape index (κ3) is 7.18. The molecule has 0 fully saturated rings. The Balaban J connectivity index is 1.66. The number of ether oxygens (including phenoxy) is 1. The number of aromatic hydroxyl groups is 1. The summed E-state index contributed by atoms with van der Waals surface area (Å²) in [6.07, 6.45) is 1.53. The molecule has 0 aliphatic heterocycles. The molecule has 0 unspecified atom stereocenters.